The van der Waals surface area contributed by atoms with Crippen LogP contribution in [-0.2, 0) is 4.74 Å². The van der Waals surface area contributed by atoms with Crippen LogP contribution >= 0.6 is 0 Å². The molecule has 0 fully saturated rings. The molecule has 0 aliphatic rings. The molecule has 1 atom stereocenters. The summed E-state index contributed by atoms with van der Waals surface area (Å²) in [5.41, 5.74) is 0.628. The van der Waals surface area contributed by atoms with Gasteiger partial charge in [-0.25, -0.2) is 0 Å². The number of likely N-dealkylation sites (N-methyl/N-ethyl adjacent to an activating group) is 1. The van der Waals surface area contributed by atoms with E-state index in [4.69, 9.17) is 4.74 Å². The summed E-state index contributed by atoms with van der Waals surface area (Å²) in [6.45, 7) is 9.77. The summed E-state index contributed by atoms with van der Waals surface area (Å²) in [4.78, 5) is 8.44. The van der Waals surface area contributed by atoms with Gasteiger partial charge < -0.3 is 10.1 Å². The van der Waals surface area contributed by atoms with Gasteiger partial charge in [-0.05, 0) is 27.3 Å². The first-order valence-electron chi connectivity index (χ1n) is 5.75. The van der Waals surface area contributed by atoms with E-state index in [0.717, 1.165) is 12.2 Å². The Kier molecular flexibility index (Phi) is 4.83. The zero-order chi connectivity index (χ0) is 12.0. The van der Waals surface area contributed by atoms with Crippen LogP contribution in [0.15, 0.2) is 18.6 Å². The highest BCUT2D eigenvalue weighted by Crippen LogP contribution is 2.26. The van der Waals surface area contributed by atoms with Crippen LogP contribution in [0.2, 0.25) is 0 Å². The molecule has 4 nitrogen and oxygen atoms in total. The van der Waals surface area contributed by atoms with E-state index in [1.165, 1.54) is 0 Å². The lowest BCUT2D eigenvalue weighted by atomic mass is 9.95. The lowest BCUT2D eigenvalue weighted by Gasteiger charge is -2.34. The van der Waals surface area contributed by atoms with E-state index >= 15 is 0 Å². The lowest BCUT2D eigenvalue weighted by Crippen LogP contribution is -2.42. The molecule has 1 unspecified atom stereocenters. The van der Waals surface area contributed by atoms with Crippen molar-refractivity contribution >= 4 is 0 Å². The van der Waals surface area contributed by atoms with Crippen molar-refractivity contribution in [2.75, 3.05) is 13.2 Å². The highest BCUT2D eigenvalue weighted by Gasteiger charge is 2.31. The van der Waals surface area contributed by atoms with E-state index in [1.54, 1.807) is 18.6 Å². The molecule has 0 radical (unpaired) electrons. The summed E-state index contributed by atoms with van der Waals surface area (Å²) < 4.78 is 5.77. The summed E-state index contributed by atoms with van der Waals surface area (Å²) in [7, 11) is 0. The largest absolute Gasteiger partial charge is 0.374 e. The van der Waals surface area contributed by atoms with Gasteiger partial charge in [-0.1, -0.05) is 6.92 Å². The van der Waals surface area contributed by atoms with Gasteiger partial charge in [0.15, 0.2) is 0 Å². The predicted octanol–water partition coefficient (Wildman–Crippen LogP) is 1.94. The van der Waals surface area contributed by atoms with Gasteiger partial charge >= 0.3 is 0 Å². The van der Waals surface area contributed by atoms with Gasteiger partial charge in [-0.15, -0.1) is 0 Å². The first kappa shape index (κ1) is 13.1. The maximum Gasteiger partial charge on any atom is 0.0836 e. The summed E-state index contributed by atoms with van der Waals surface area (Å²) in [6.07, 6.45) is 5.18. The molecule has 1 heterocycles. The molecule has 0 spiro atoms. The Morgan fingerprint density at radius 3 is 2.62 bits per heavy atom. The van der Waals surface area contributed by atoms with Crippen LogP contribution in [0.5, 0.6) is 0 Å². The van der Waals surface area contributed by atoms with Crippen molar-refractivity contribution < 1.29 is 4.74 Å². The standard InChI is InChI=1S/C12H21N3O/c1-5-14-11(12(3,4)16-6-2)10-9-13-7-8-15-10/h7-9,11,14H,5-6H2,1-4H3. The van der Waals surface area contributed by atoms with Gasteiger partial charge in [0.25, 0.3) is 0 Å². The summed E-state index contributed by atoms with van der Waals surface area (Å²) in [6, 6.07) is 0.0613. The normalized spacial score (nSPS) is 13.8. The summed E-state index contributed by atoms with van der Waals surface area (Å²) >= 11 is 0. The molecule has 0 bridgehead atoms. The van der Waals surface area contributed by atoms with E-state index in [9.17, 15) is 0 Å². The molecule has 90 valence electrons. The van der Waals surface area contributed by atoms with Gasteiger partial charge in [0.1, 0.15) is 0 Å². The minimum atomic E-state index is -0.291. The number of aromatic nitrogens is 2. The molecule has 0 amide bonds. The average Bonchev–Trinajstić information content (AvgIpc) is 2.27. The highest BCUT2D eigenvalue weighted by atomic mass is 16.5. The Morgan fingerprint density at radius 2 is 2.12 bits per heavy atom. The third kappa shape index (κ3) is 3.25. The second-order valence-electron chi connectivity index (χ2n) is 4.16. The molecule has 1 aromatic heterocycles. The molecular formula is C12H21N3O. The zero-order valence-corrected chi connectivity index (χ0v) is 10.5. The summed E-state index contributed by atoms with van der Waals surface area (Å²) in [5.74, 6) is 0. The van der Waals surface area contributed by atoms with Gasteiger partial charge in [0.05, 0.1) is 23.5 Å². The first-order valence-corrected chi connectivity index (χ1v) is 5.75. The van der Waals surface area contributed by atoms with Crippen LogP contribution in [0.25, 0.3) is 0 Å². The van der Waals surface area contributed by atoms with Gasteiger partial charge in [0, 0.05) is 19.0 Å². The van der Waals surface area contributed by atoms with Gasteiger partial charge in [-0.3, -0.25) is 9.97 Å². The number of ether oxygens (including phenoxy) is 1. The zero-order valence-electron chi connectivity index (χ0n) is 10.5. The van der Waals surface area contributed by atoms with E-state index in [0.29, 0.717) is 6.61 Å². The van der Waals surface area contributed by atoms with E-state index in [2.05, 4.69) is 36.1 Å². The molecule has 1 aromatic rings. The molecule has 0 aliphatic carbocycles. The fourth-order valence-corrected chi connectivity index (χ4v) is 1.83. The topological polar surface area (TPSA) is 47.0 Å². The van der Waals surface area contributed by atoms with E-state index in [1.807, 2.05) is 6.92 Å². The smallest absolute Gasteiger partial charge is 0.0836 e. The monoisotopic (exact) mass is 223 g/mol. The molecule has 1 N–H and O–H groups in total. The molecule has 4 heteroatoms. The molecule has 0 aromatic carbocycles. The van der Waals surface area contributed by atoms with Crippen LogP contribution in [0.1, 0.15) is 39.4 Å². The second kappa shape index (κ2) is 5.92. The second-order valence-corrected chi connectivity index (χ2v) is 4.16. The lowest BCUT2D eigenvalue weighted by molar-refractivity contribution is -0.0399. The minimum Gasteiger partial charge on any atom is -0.374 e. The molecule has 1 rings (SSSR count). The average molecular weight is 223 g/mol. The van der Waals surface area contributed by atoms with Crippen LogP contribution in [-0.4, -0.2) is 28.7 Å². The number of hydrogen-bond acceptors (Lipinski definition) is 4. The Labute approximate surface area is 97.5 Å². The van der Waals surface area contributed by atoms with Crippen molar-refractivity contribution in [1.82, 2.24) is 15.3 Å². The van der Waals surface area contributed by atoms with Crippen molar-refractivity contribution in [3.8, 4) is 0 Å². The van der Waals surface area contributed by atoms with Gasteiger partial charge in [0.2, 0.25) is 0 Å². The van der Waals surface area contributed by atoms with E-state index < -0.39 is 0 Å². The van der Waals surface area contributed by atoms with E-state index in [-0.39, 0.29) is 11.6 Å². The minimum absolute atomic E-state index is 0.0613. The predicted molar refractivity (Wildman–Crippen MR) is 64.2 cm³/mol. The molecule has 0 saturated heterocycles. The number of hydrogen-bond donors (Lipinski definition) is 1. The van der Waals surface area contributed by atoms with Crippen molar-refractivity contribution in [2.24, 2.45) is 0 Å². The van der Waals surface area contributed by atoms with Crippen molar-refractivity contribution in [3.63, 3.8) is 0 Å². The van der Waals surface area contributed by atoms with Crippen LogP contribution < -0.4 is 5.32 Å². The Balaban J connectivity index is 2.90. The maximum atomic E-state index is 5.77. The fourth-order valence-electron chi connectivity index (χ4n) is 1.83. The Morgan fingerprint density at radius 1 is 1.38 bits per heavy atom. The van der Waals surface area contributed by atoms with Crippen molar-refractivity contribution in [2.45, 2.75) is 39.3 Å². The maximum absolute atomic E-state index is 5.77. The third-order valence-electron chi connectivity index (χ3n) is 2.50. The van der Waals surface area contributed by atoms with Crippen molar-refractivity contribution in [1.29, 1.82) is 0 Å². The van der Waals surface area contributed by atoms with Crippen molar-refractivity contribution in [3.05, 3.63) is 24.3 Å². The Hall–Kier alpha value is -1.00. The summed E-state index contributed by atoms with van der Waals surface area (Å²) in [5, 5.41) is 3.40. The number of rotatable bonds is 6. The van der Waals surface area contributed by atoms with Crippen LogP contribution in [0.4, 0.5) is 0 Å². The first-order chi connectivity index (χ1) is 7.61. The van der Waals surface area contributed by atoms with Crippen LogP contribution in [0, 0.1) is 0 Å². The van der Waals surface area contributed by atoms with Gasteiger partial charge in [-0.2, -0.15) is 0 Å². The highest BCUT2D eigenvalue weighted by molar-refractivity contribution is 5.08. The fraction of sp³-hybridized carbons (Fsp3) is 0.667. The Bertz CT molecular complexity index is 300. The SMILES string of the molecule is CCNC(c1cnccn1)C(C)(C)OCC. The molecule has 0 saturated carbocycles. The molecular weight excluding hydrogens is 202 g/mol. The molecule has 16 heavy (non-hydrogen) atoms. The molecule has 0 aliphatic heterocycles. The third-order valence-corrected chi connectivity index (χ3v) is 2.50. The quantitative estimate of drug-likeness (QED) is 0.800. The number of nitrogens with zero attached hydrogens (tertiary/aromatic N) is 2. The number of nitrogens with one attached hydrogen (secondary N) is 1. The van der Waals surface area contributed by atoms with Crippen LogP contribution in [0.3, 0.4) is 0 Å².